The highest BCUT2D eigenvalue weighted by molar-refractivity contribution is 7.89. The topological polar surface area (TPSA) is 82.7 Å². The molecule has 2 N–H and O–H groups in total. The fraction of sp³-hybridized carbons (Fsp3) is 0.208. The Bertz CT molecular complexity index is 1110. The third kappa shape index (κ3) is 3.76. The van der Waals surface area contributed by atoms with Gasteiger partial charge < -0.3 is 19.3 Å². The maximum Gasteiger partial charge on any atom is 0.235 e. The van der Waals surface area contributed by atoms with Crippen molar-refractivity contribution in [3.05, 3.63) is 72.3 Å². The Balaban J connectivity index is 1.29. The minimum atomic E-state index is -1.20. The molecule has 0 radical (unpaired) electrons. The van der Waals surface area contributed by atoms with Crippen molar-refractivity contribution in [3.8, 4) is 22.6 Å². The maximum atomic E-state index is 13.1. The molecule has 2 aliphatic rings. The molecular weight excluding hydrogens is 412 g/mol. The van der Waals surface area contributed by atoms with E-state index in [0.29, 0.717) is 5.75 Å². The van der Waals surface area contributed by atoms with E-state index in [0.717, 1.165) is 45.9 Å². The first kappa shape index (κ1) is 19.9. The van der Waals surface area contributed by atoms with Crippen LogP contribution in [0.4, 0.5) is 5.69 Å². The molecule has 1 atom stereocenters. The number of carbonyl (C=O) groups is 1. The van der Waals surface area contributed by atoms with Gasteiger partial charge in [-0.25, -0.2) is 0 Å². The SMILES string of the molecule is CN[S+]([O-])c1ccc(-c2ccc(NC(=O)C3(c4ccc5c(c4)OCO5)CC3)cc2)cc1. The molecule has 0 saturated heterocycles. The summed E-state index contributed by atoms with van der Waals surface area (Å²) in [5, 5.41) is 3.06. The van der Waals surface area contributed by atoms with Gasteiger partial charge in [0.2, 0.25) is 12.7 Å². The smallest absolute Gasteiger partial charge is 0.235 e. The normalized spacial score (nSPS) is 16.6. The predicted octanol–water partition coefficient (Wildman–Crippen LogP) is 3.99. The second-order valence-corrected chi connectivity index (χ2v) is 9.10. The van der Waals surface area contributed by atoms with Gasteiger partial charge in [0.15, 0.2) is 16.4 Å². The van der Waals surface area contributed by atoms with E-state index >= 15 is 0 Å². The number of amides is 1. The summed E-state index contributed by atoms with van der Waals surface area (Å²) in [6.45, 7) is 0.223. The molecule has 1 saturated carbocycles. The Labute approximate surface area is 183 Å². The summed E-state index contributed by atoms with van der Waals surface area (Å²) in [6.07, 6.45) is 1.63. The Hall–Kier alpha value is -3.00. The lowest BCUT2D eigenvalue weighted by Crippen LogP contribution is -2.27. The summed E-state index contributed by atoms with van der Waals surface area (Å²) in [4.78, 5) is 13.8. The van der Waals surface area contributed by atoms with Gasteiger partial charge in [-0.15, -0.1) is 4.72 Å². The van der Waals surface area contributed by atoms with Gasteiger partial charge in [-0.05, 0) is 78.1 Å². The van der Waals surface area contributed by atoms with Gasteiger partial charge in [0.05, 0.1) is 16.8 Å². The third-order valence-corrected chi connectivity index (χ3v) is 6.91. The maximum absolute atomic E-state index is 13.1. The molecule has 1 aliphatic heterocycles. The lowest BCUT2D eigenvalue weighted by molar-refractivity contribution is -0.118. The van der Waals surface area contributed by atoms with Crippen molar-refractivity contribution in [1.29, 1.82) is 0 Å². The molecule has 0 bridgehead atoms. The van der Waals surface area contributed by atoms with E-state index in [4.69, 9.17) is 9.47 Å². The lowest BCUT2D eigenvalue weighted by Gasteiger charge is -2.16. The summed E-state index contributed by atoms with van der Waals surface area (Å²) in [5.74, 6) is 1.42. The number of benzene rings is 3. The van der Waals surface area contributed by atoms with Crippen LogP contribution in [0, 0.1) is 0 Å². The van der Waals surface area contributed by atoms with Gasteiger partial charge in [0.1, 0.15) is 0 Å². The minimum Gasteiger partial charge on any atom is -0.593 e. The first-order valence-corrected chi connectivity index (χ1v) is 11.3. The number of hydrogen-bond donors (Lipinski definition) is 2. The van der Waals surface area contributed by atoms with Crippen molar-refractivity contribution in [2.24, 2.45) is 0 Å². The zero-order valence-electron chi connectivity index (χ0n) is 17.0. The Kier molecular flexibility index (Phi) is 5.09. The average molecular weight is 435 g/mol. The van der Waals surface area contributed by atoms with E-state index < -0.39 is 16.8 Å². The van der Waals surface area contributed by atoms with Crippen LogP contribution in [0.3, 0.4) is 0 Å². The highest BCUT2D eigenvalue weighted by Gasteiger charge is 2.51. The molecule has 1 amide bonds. The summed E-state index contributed by atoms with van der Waals surface area (Å²) in [5.41, 5.74) is 3.27. The highest BCUT2D eigenvalue weighted by atomic mass is 32.2. The van der Waals surface area contributed by atoms with Crippen molar-refractivity contribution < 1.29 is 18.8 Å². The fourth-order valence-electron chi connectivity index (χ4n) is 3.85. The van der Waals surface area contributed by atoms with Gasteiger partial charge in [-0.1, -0.05) is 18.2 Å². The van der Waals surface area contributed by atoms with Crippen molar-refractivity contribution in [2.75, 3.05) is 19.2 Å². The summed E-state index contributed by atoms with van der Waals surface area (Å²) in [7, 11) is 1.66. The van der Waals surface area contributed by atoms with E-state index in [9.17, 15) is 9.35 Å². The predicted molar refractivity (Wildman–Crippen MR) is 119 cm³/mol. The van der Waals surface area contributed by atoms with Crippen LogP contribution in [0.1, 0.15) is 18.4 Å². The summed E-state index contributed by atoms with van der Waals surface area (Å²) < 4.78 is 25.4. The molecule has 158 valence electrons. The number of anilines is 1. The number of fused-ring (bicyclic) bond motifs is 1. The van der Waals surface area contributed by atoms with E-state index in [-0.39, 0.29) is 12.7 Å². The largest absolute Gasteiger partial charge is 0.593 e. The van der Waals surface area contributed by atoms with E-state index in [1.165, 1.54) is 0 Å². The molecule has 1 heterocycles. The van der Waals surface area contributed by atoms with Crippen molar-refractivity contribution in [1.82, 2.24) is 4.72 Å². The van der Waals surface area contributed by atoms with Gasteiger partial charge in [0, 0.05) is 12.7 Å². The summed E-state index contributed by atoms with van der Waals surface area (Å²) >= 11 is -1.20. The van der Waals surface area contributed by atoms with Crippen LogP contribution in [0.15, 0.2) is 71.6 Å². The molecule has 7 heteroatoms. The first-order chi connectivity index (χ1) is 15.1. The summed E-state index contributed by atoms with van der Waals surface area (Å²) in [6, 6.07) is 21.1. The molecule has 3 aromatic carbocycles. The second-order valence-electron chi connectivity index (χ2n) is 7.68. The van der Waals surface area contributed by atoms with Crippen molar-refractivity contribution in [2.45, 2.75) is 23.2 Å². The Morgan fingerprint density at radius 1 is 0.935 bits per heavy atom. The number of rotatable bonds is 6. The molecule has 1 unspecified atom stereocenters. The molecule has 3 aromatic rings. The molecule has 31 heavy (non-hydrogen) atoms. The van der Waals surface area contributed by atoms with Crippen LogP contribution in [0.5, 0.6) is 11.5 Å². The molecule has 1 fully saturated rings. The molecule has 0 aromatic heterocycles. The molecule has 6 nitrogen and oxygen atoms in total. The zero-order chi connectivity index (χ0) is 21.4. The zero-order valence-corrected chi connectivity index (χ0v) is 17.8. The van der Waals surface area contributed by atoms with E-state index in [1.807, 2.05) is 66.7 Å². The van der Waals surface area contributed by atoms with E-state index in [1.54, 1.807) is 7.05 Å². The second kappa shape index (κ2) is 7.92. The Morgan fingerprint density at radius 3 is 2.23 bits per heavy atom. The van der Waals surface area contributed by atoms with Crippen molar-refractivity contribution in [3.63, 3.8) is 0 Å². The number of carbonyl (C=O) groups excluding carboxylic acids is 1. The van der Waals surface area contributed by atoms with Crippen LogP contribution < -0.4 is 19.5 Å². The van der Waals surface area contributed by atoms with Crippen LogP contribution in [-0.4, -0.2) is 24.3 Å². The Morgan fingerprint density at radius 2 is 1.58 bits per heavy atom. The minimum absolute atomic E-state index is 0.00184. The quantitative estimate of drug-likeness (QED) is 0.573. The highest BCUT2D eigenvalue weighted by Crippen LogP contribution is 2.51. The van der Waals surface area contributed by atoms with Gasteiger partial charge in [-0.3, -0.25) is 4.79 Å². The first-order valence-electron chi connectivity index (χ1n) is 10.1. The van der Waals surface area contributed by atoms with Gasteiger partial charge in [0.25, 0.3) is 0 Å². The number of nitrogens with one attached hydrogen (secondary N) is 2. The van der Waals surface area contributed by atoms with E-state index in [2.05, 4.69) is 10.0 Å². The standard InChI is InChI=1S/C24H22N2O4S/c1-25-31(28)20-9-4-17(5-10-20)16-2-7-19(8-3-16)26-23(27)24(12-13-24)18-6-11-21-22(14-18)30-15-29-21/h2-11,14,25H,12-13,15H2,1H3,(H,26,27). The molecular formula is C24H22N2O4S. The third-order valence-electron chi connectivity index (χ3n) is 5.84. The van der Waals surface area contributed by atoms with Crippen molar-refractivity contribution >= 4 is 23.0 Å². The van der Waals surface area contributed by atoms with Gasteiger partial charge >= 0.3 is 0 Å². The molecule has 5 rings (SSSR count). The fourth-order valence-corrected chi connectivity index (χ4v) is 4.47. The van der Waals surface area contributed by atoms with Crippen LogP contribution in [-0.2, 0) is 21.6 Å². The van der Waals surface area contributed by atoms with Gasteiger partial charge in [-0.2, -0.15) is 0 Å². The monoisotopic (exact) mass is 434 g/mol. The number of hydrogen-bond acceptors (Lipinski definition) is 5. The lowest BCUT2D eigenvalue weighted by atomic mass is 9.94. The van der Waals surface area contributed by atoms with Crippen LogP contribution in [0.2, 0.25) is 0 Å². The average Bonchev–Trinajstić information content (AvgIpc) is 3.50. The van der Waals surface area contributed by atoms with Crippen LogP contribution in [0.25, 0.3) is 11.1 Å². The molecule has 1 aliphatic carbocycles. The number of ether oxygens (including phenoxy) is 2. The van der Waals surface area contributed by atoms with Crippen LogP contribution >= 0.6 is 0 Å². The molecule has 0 spiro atoms.